The summed E-state index contributed by atoms with van der Waals surface area (Å²) in [4.78, 5) is 19.6. The molecular formula is C19H19FN4O. The Hall–Kier alpha value is -2.76. The van der Waals surface area contributed by atoms with E-state index in [1.165, 1.54) is 12.1 Å². The van der Waals surface area contributed by atoms with Gasteiger partial charge in [-0.25, -0.2) is 9.37 Å². The molecule has 6 heteroatoms. The minimum absolute atomic E-state index is 0.0608. The van der Waals surface area contributed by atoms with Gasteiger partial charge in [-0.05, 0) is 43.0 Å². The molecule has 1 aliphatic heterocycles. The molecule has 4 rings (SSSR count). The zero-order valence-electron chi connectivity index (χ0n) is 14.0. The lowest BCUT2D eigenvalue weighted by atomic mass is 9.98. The molecule has 25 heavy (non-hydrogen) atoms. The SMILES string of the molecule is CC1CCCN(C(=O)c2cc(-c3cn[nH]c3)nc3ccc(F)cc23)C1. The predicted octanol–water partition coefficient (Wildman–Crippen LogP) is 3.64. The summed E-state index contributed by atoms with van der Waals surface area (Å²) in [5, 5.41) is 7.26. The Balaban J connectivity index is 1.85. The predicted molar refractivity (Wildman–Crippen MR) is 93.6 cm³/mol. The number of rotatable bonds is 2. The molecular weight excluding hydrogens is 319 g/mol. The Labute approximate surface area is 144 Å². The van der Waals surface area contributed by atoms with Gasteiger partial charge in [-0.1, -0.05) is 6.92 Å². The number of likely N-dealkylation sites (tertiary alicyclic amines) is 1. The second-order valence-corrected chi connectivity index (χ2v) is 6.70. The standard InChI is InChI=1S/C19H19FN4O/c1-12-3-2-6-24(11-12)19(25)16-8-18(13-9-21-22-10-13)23-17-5-4-14(20)7-15(16)17/h4-5,7-10,12H,2-3,6,11H2,1H3,(H,21,22). The summed E-state index contributed by atoms with van der Waals surface area (Å²) in [7, 11) is 0. The number of nitrogens with one attached hydrogen (secondary N) is 1. The van der Waals surface area contributed by atoms with E-state index < -0.39 is 0 Å². The first-order valence-electron chi connectivity index (χ1n) is 8.50. The van der Waals surface area contributed by atoms with Crippen LogP contribution in [0.3, 0.4) is 0 Å². The number of aromatic nitrogens is 3. The molecule has 1 aromatic carbocycles. The maximum atomic E-state index is 13.8. The number of H-pyrrole nitrogens is 1. The molecule has 0 radical (unpaired) electrons. The molecule has 3 aromatic rings. The lowest BCUT2D eigenvalue weighted by Crippen LogP contribution is -2.39. The first-order chi connectivity index (χ1) is 12.1. The number of benzene rings is 1. The molecule has 5 nitrogen and oxygen atoms in total. The fourth-order valence-electron chi connectivity index (χ4n) is 3.46. The third kappa shape index (κ3) is 2.99. The molecule has 1 aliphatic rings. The smallest absolute Gasteiger partial charge is 0.254 e. The number of pyridine rings is 1. The van der Waals surface area contributed by atoms with Gasteiger partial charge >= 0.3 is 0 Å². The number of nitrogens with zero attached hydrogens (tertiary/aromatic N) is 3. The first kappa shape index (κ1) is 15.7. The minimum Gasteiger partial charge on any atom is -0.338 e. The van der Waals surface area contributed by atoms with Gasteiger partial charge in [-0.3, -0.25) is 9.89 Å². The van der Waals surface area contributed by atoms with E-state index >= 15 is 0 Å². The summed E-state index contributed by atoms with van der Waals surface area (Å²) < 4.78 is 13.8. The summed E-state index contributed by atoms with van der Waals surface area (Å²) in [5.41, 5.74) is 2.55. The van der Waals surface area contributed by atoms with Crippen LogP contribution >= 0.6 is 0 Å². The molecule has 0 bridgehead atoms. The monoisotopic (exact) mass is 338 g/mol. The first-order valence-corrected chi connectivity index (χ1v) is 8.50. The number of amides is 1. The zero-order valence-corrected chi connectivity index (χ0v) is 14.0. The molecule has 0 saturated carbocycles. The average Bonchev–Trinajstić information content (AvgIpc) is 3.15. The van der Waals surface area contributed by atoms with E-state index in [1.54, 1.807) is 24.5 Å². The van der Waals surface area contributed by atoms with Crippen molar-refractivity contribution >= 4 is 16.8 Å². The van der Waals surface area contributed by atoms with Crippen molar-refractivity contribution in [1.29, 1.82) is 0 Å². The molecule has 1 fully saturated rings. The molecule has 1 amide bonds. The van der Waals surface area contributed by atoms with Gasteiger partial charge in [-0.15, -0.1) is 0 Å². The lowest BCUT2D eigenvalue weighted by molar-refractivity contribution is 0.0685. The largest absolute Gasteiger partial charge is 0.338 e. The third-order valence-corrected chi connectivity index (χ3v) is 4.74. The Morgan fingerprint density at radius 1 is 1.36 bits per heavy atom. The number of hydrogen-bond donors (Lipinski definition) is 1. The van der Waals surface area contributed by atoms with Gasteiger partial charge in [0, 0.05) is 30.2 Å². The minimum atomic E-state index is -0.369. The van der Waals surface area contributed by atoms with Crippen LogP contribution in [0.15, 0.2) is 36.7 Å². The van der Waals surface area contributed by atoms with Crippen LogP contribution in [0.1, 0.15) is 30.1 Å². The van der Waals surface area contributed by atoms with E-state index in [2.05, 4.69) is 22.1 Å². The highest BCUT2D eigenvalue weighted by Gasteiger charge is 2.24. The van der Waals surface area contributed by atoms with Gasteiger partial charge < -0.3 is 4.90 Å². The van der Waals surface area contributed by atoms with Crippen molar-refractivity contribution < 1.29 is 9.18 Å². The highest BCUT2D eigenvalue weighted by molar-refractivity contribution is 6.07. The maximum absolute atomic E-state index is 13.8. The number of halogens is 1. The third-order valence-electron chi connectivity index (χ3n) is 4.74. The van der Waals surface area contributed by atoms with Gasteiger partial charge in [0.2, 0.25) is 0 Å². The van der Waals surface area contributed by atoms with Gasteiger partial charge in [0.1, 0.15) is 5.82 Å². The van der Waals surface area contributed by atoms with Gasteiger partial charge in [-0.2, -0.15) is 5.10 Å². The van der Waals surface area contributed by atoms with E-state index in [0.717, 1.165) is 31.5 Å². The molecule has 1 unspecified atom stereocenters. The fraction of sp³-hybridized carbons (Fsp3) is 0.316. The van der Waals surface area contributed by atoms with Crippen molar-refractivity contribution in [2.45, 2.75) is 19.8 Å². The number of hydrogen-bond acceptors (Lipinski definition) is 3. The van der Waals surface area contributed by atoms with Crippen molar-refractivity contribution in [3.8, 4) is 11.3 Å². The molecule has 128 valence electrons. The van der Waals surface area contributed by atoms with E-state index in [4.69, 9.17) is 0 Å². The van der Waals surface area contributed by atoms with Crippen molar-refractivity contribution in [2.24, 2.45) is 5.92 Å². The highest BCUT2D eigenvalue weighted by atomic mass is 19.1. The molecule has 0 aliphatic carbocycles. The Kier molecular flexibility index (Phi) is 3.95. The van der Waals surface area contributed by atoms with Crippen LogP contribution in [0.5, 0.6) is 0 Å². The molecule has 0 spiro atoms. The quantitative estimate of drug-likeness (QED) is 0.776. The van der Waals surface area contributed by atoms with Crippen LogP contribution < -0.4 is 0 Å². The van der Waals surface area contributed by atoms with E-state index in [1.807, 2.05) is 4.90 Å². The summed E-state index contributed by atoms with van der Waals surface area (Å²) in [5.74, 6) is 0.0524. The van der Waals surface area contributed by atoms with Crippen molar-refractivity contribution in [2.75, 3.05) is 13.1 Å². The van der Waals surface area contributed by atoms with Crippen LogP contribution in [-0.4, -0.2) is 39.1 Å². The lowest BCUT2D eigenvalue weighted by Gasteiger charge is -2.31. The van der Waals surface area contributed by atoms with Crippen molar-refractivity contribution in [3.63, 3.8) is 0 Å². The van der Waals surface area contributed by atoms with Crippen LogP contribution in [0.25, 0.3) is 22.2 Å². The Morgan fingerprint density at radius 3 is 3.00 bits per heavy atom. The molecule has 1 saturated heterocycles. The van der Waals surface area contributed by atoms with E-state index in [9.17, 15) is 9.18 Å². The van der Waals surface area contributed by atoms with Crippen LogP contribution in [-0.2, 0) is 0 Å². The molecule has 1 N–H and O–H groups in total. The Bertz CT molecular complexity index is 923. The number of carbonyl (C=O) groups excluding carboxylic acids is 1. The van der Waals surface area contributed by atoms with E-state index in [-0.39, 0.29) is 11.7 Å². The topological polar surface area (TPSA) is 61.9 Å². The fourth-order valence-corrected chi connectivity index (χ4v) is 3.46. The number of aromatic amines is 1. The highest BCUT2D eigenvalue weighted by Crippen LogP contribution is 2.27. The average molecular weight is 338 g/mol. The summed E-state index contributed by atoms with van der Waals surface area (Å²) >= 11 is 0. The van der Waals surface area contributed by atoms with Gasteiger partial charge in [0.05, 0.1) is 23.0 Å². The summed E-state index contributed by atoms with van der Waals surface area (Å²) in [6, 6.07) is 6.12. The van der Waals surface area contributed by atoms with Crippen LogP contribution in [0, 0.1) is 11.7 Å². The maximum Gasteiger partial charge on any atom is 0.254 e. The van der Waals surface area contributed by atoms with E-state index in [0.29, 0.717) is 28.1 Å². The second-order valence-electron chi connectivity index (χ2n) is 6.70. The summed E-state index contributed by atoms with van der Waals surface area (Å²) in [6.45, 7) is 3.63. The molecule has 3 heterocycles. The zero-order chi connectivity index (χ0) is 17.4. The normalized spacial score (nSPS) is 17.8. The number of piperidine rings is 1. The number of carbonyl (C=O) groups is 1. The van der Waals surface area contributed by atoms with Crippen molar-refractivity contribution in [1.82, 2.24) is 20.1 Å². The van der Waals surface area contributed by atoms with Crippen LogP contribution in [0.2, 0.25) is 0 Å². The van der Waals surface area contributed by atoms with Crippen molar-refractivity contribution in [3.05, 3.63) is 48.0 Å². The van der Waals surface area contributed by atoms with Gasteiger partial charge in [0.15, 0.2) is 0 Å². The van der Waals surface area contributed by atoms with Gasteiger partial charge in [0.25, 0.3) is 5.91 Å². The number of fused-ring (bicyclic) bond motifs is 1. The molecule has 2 aromatic heterocycles. The summed E-state index contributed by atoms with van der Waals surface area (Å²) in [6.07, 6.45) is 5.53. The van der Waals surface area contributed by atoms with Crippen LogP contribution in [0.4, 0.5) is 4.39 Å². The Morgan fingerprint density at radius 2 is 2.24 bits per heavy atom. The second kappa shape index (κ2) is 6.27. The molecule has 1 atom stereocenters.